The average molecular weight is 235 g/mol. The highest BCUT2D eigenvalue weighted by molar-refractivity contribution is 5.38. The molecule has 1 aromatic rings. The second-order valence-corrected chi connectivity index (χ2v) is 5.55. The van der Waals surface area contributed by atoms with Crippen molar-refractivity contribution in [3.05, 3.63) is 23.9 Å². The van der Waals surface area contributed by atoms with Crippen molar-refractivity contribution < 1.29 is 0 Å². The number of pyridine rings is 1. The molecule has 0 bridgehead atoms. The number of rotatable bonds is 5. The minimum Gasteiger partial charge on any atom is -0.366 e. The van der Waals surface area contributed by atoms with Crippen molar-refractivity contribution in [2.24, 2.45) is 5.73 Å². The molecule has 17 heavy (non-hydrogen) atoms. The summed E-state index contributed by atoms with van der Waals surface area (Å²) >= 11 is 0. The van der Waals surface area contributed by atoms with Gasteiger partial charge in [0, 0.05) is 18.8 Å². The lowest BCUT2D eigenvalue weighted by Gasteiger charge is -2.20. The monoisotopic (exact) mass is 235 g/mol. The van der Waals surface area contributed by atoms with Gasteiger partial charge >= 0.3 is 0 Å². The molecular weight excluding hydrogens is 210 g/mol. The van der Waals surface area contributed by atoms with Crippen LogP contribution in [-0.2, 0) is 5.41 Å². The molecule has 0 aliphatic heterocycles. The van der Waals surface area contributed by atoms with Crippen molar-refractivity contribution in [2.45, 2.75) is 52.0 Å². The van der Waals surface area contributed by atoms with Crippen molar-refractivity contribution in [2.75, 3.05) is 11.9 Å². The summed E-state index contributed by atoms with van der Waals surface area (Å²) in [4.78, 5) is 4.45. The van der Waals surface area contributed by atoms with Crippen LogP contribution in [0, 0.1) is 0 Å². The maximum atomic E-state index is 5.72. The normalized spacial score (nSPS) is 13.5. The summed E-state index contributed by atoms with van der Waals surface area (Å²) in [5, 5.41) is 3.37. The molecule has 1 rings (SSSR count). The number of hydrogen-bond donors (Lipinski definition) is 2. The Morgan fingerprint density at radius 2 is 2.06 bits per heavy atom. The quantitative estimate of drug-likeness (QED) is 0.825. The number of aromatic nitrogens is 1. The van der Waals surface area contributed by atoms with Crippen LogP contribution in [0.15, 0.2) is 18.3 Å². The molecule has 0 saturated heterocycles. The van der Waals surface area contributed by atoms with Gasteiger partial charge in [0.05, 0.1) is 0 Å². The smallest absolute Gasteiger partial charge is 0.126 e. The summed E-state index contributed by atoms with van der Waals surface area (Å²) in [5.74, 6) is 0.918. The molecule has 0 spiro atoms. The molecule has 0 aliphatic carbocycles. The molecule has 1 aromatic heterocycles. The van der Waals surface area contributed by atoms with E-state index in [1.165, 1.54) is 5.56 Å². The van der Waals surface area contributed by atoms with E-state index in [0.29, 0.717) is 12.6 Å². The van der Waals surface area contributed by atoms with Gasteiger partial charge in [-0.05, 0) is 23.5 Å². The molecule has 3 nitrogen and oxygen atoms in total. The summed E-state index contributed by atoms with van der Waals surface area (Å²) in [6, 6.07) is 4.50. The Bertz CT molecular complexity index is 324. The molecule has 3 heteroatoms. The molecule has 96 valence electrons. The zero-order chi connectivity index (χ0) is 12.9. The lowest BCUT2D eigenvalue weighted by Crippen LogP contribution is -2.29. The van der Waals surface area contributed by atoms with Crippen LogP contribution >= 0.6 is 0 Å². The summed E-state index contributed by atoms with van der Waals surface area (Å²) in [5.41, 5.74) is 7.12. The fourth-order valence-electron chi connectivity index (χ4n) is 1.73. The van der Waals surface area contributed by atoms with Gasteiger partial charge in [0.2, 0.25) is 0 Å². The van der Waals surface area contributed by atoms with Gasteiger partial charge < -0.3 is 11.1 Å². The van der Waals surface area contributed by atoms with Crippen LogP contribution in [0.5, 0.6) is 0 Å². The van der Waals surface area contributed by atoms with Gasteiger partial charge in [-0.15, -0.1) is 0 Å². The van der Waals surface area contributed by atoms with E-state index in [1.54, 1.807) is 0 Å². The molecule has 0 radical (unpaired) electrons. The van der Waals surface area contributed by atoms with Crippen molar-refractivity contribution in [3.8, 4) is 0 Å². The van der Waals surface area contributed by atoms with E-state index in [2.05, 4.69) is 44.1 Å². The Kier molecular flexibility index (Phi) is 4.94. The van der Waals surface area contributed by atoms with E-state index in [9.17, 15) is 0 Å². The van der Waals surface area contributed by atoms with Crippen LogP contribution in [0.4, 0.5) is 5.82 Å². The minimum atomic E-state index is 0.155. The van der Waals surface area contributed by atoms with Crippen LogP contribution in [0.1, 0.15) is 46.1 Å². The van der Waals surface area contributed by atoms with Crippen molar-refractivity contribution in [1.29, 1.82) is 0 Å². The van der Waals surface area contributed by atoms with E-state index in [-0.39, 0.29) is 5.41 Å². The minimum absolute atomic E-state index is 0.155. The van der Waals surface area contributed by atoms with E-state index >= 15 is 0 Å². The second-order valence-electron chi connectivity index (χ2n) is 5.55. The Hall–Kier alpha value is -1.09. The SMILES string of the molecule is CCCC(CN)Nc1ccc(C(C)(C)C)cn1. The van der Waals surface area contributed by atoms with Gasteiger partial charge in [-0.1, -0.05) is 40.2 Å². The van der Waals surface area contributed by atoms with E-state index in [1.807, 2.05) is 12.3 Å². The predicted molar refractivity (Wildman–Crippen MR) is 74.3 cm³/mol. The lowest BCUT2D eigenvalue weighted by molar-refractivity contribution is 0.587. The molecule has 0 aliphatic rings. The predicted octanol–water partition coefficient (Wildman–Crippen LogP) is 2.92. The zero-order valence-electron chi connectivity index (χ0n) is 11.5. The number of hydrogen-bond acceptors (Lipinski definition) is 3. The van der Waals surface area contributed by atoms with Crippen LogP contribution in [-0.4, -0.2) is 17.6 Å². The summed E-state index contributed by atoms with van der Waals surface area (Å²) in [6.45, 7) is 9.39. The molecule has 3 N–H and O–H groups in total. The second kappa shape index (κ2) is 6.01. The number of anilines is 1. The van der Waals surface area contributed by atoms with Gasteiger partial charge in [-0.25, -0.2) is 4.98 Å². The summed E-state index contributed by atoms with van der Waals surface area (Å²) in [6.07, 6.45) is 4.16. The highest BCUT2D eigenvalue weighted by Gasteiger charge is 2.14. The molecule has 1 unspecified atom stereocenters. The Balaban J connectivity index is 2.68. The molecule has 1 heterocycles. The van der Waals surface area contributed by atoms with Gasteiger partial charge in [0.25, 0.3) is 0 Å². The summed E-state index contributed by atoms with van der Waals surface area (Å²) in [7, 11) is 0. The molecule has 0 aromatic carbocycles. The van der Waals surface area contributed by atoms with E-state index < -0.39 is 0 Å². The Morgan fingerprint density at radius 1 is 1.35 bits per heavy atom. The van der Waals surface area contributed by atoms with Gasteiger partial charge in [-0.3, -0.25) is 0 Å². The highest BCUT2D eigenvalue weighted by Crippen LogP contribution is 2.22. The zero-order valence-corrected chi connectivity index (χ0v) is 11.5. The van der Waals surface area contributed by atoms with Crippen molar-refractivity contribution in [3.63, 3.8) is 0 Å². The van der Waals surface area contributed by atoms with Gasteiger partial charge in [-0.2, -0.15) is 0 Å². The highest BCUT2D eigenvalue weighted by atomic mass is 15.0. The number of nitrogens with two attached hydrogens (primary N) is 1. The topological polar surface area (TPSA) is 50.9 Å². The molecule has 0 saturated carbocycles. The van der Waals surface area contributed by atoms with Crippen LogP contribution in [0.25, 0.3) is 0 Å². The molecule has 1 atom stereocenters. The fraction of sp³-hybridized carbons (Fsp3) is 0.643. The third-order valence-electron chi connectivity index (χ3n) is 2.90. The lowest BCUT2D eigenvalue weighted by atomic mass is 9.88. The third kappa shape index (κ3) is 4.35. The van der Waals surface area contributed by atoms with Gasteiger partial charge in [0.1, 0.15) is 5.82 Å². The van der Waals surface area contributed by atoms with Crippen molar-refractivity contribution in [1.82, 2.24) is 4.98 Å². The number of nitrogens with zero attached hydrogens (tertiary/aromatic N) is 1. The van der Waals surface area contributed by atoms with Crippen LogP contribution in [0.3, 0.4) is 0 Å². The van der Waals surface area contributed by atoms with Crippen molar-refractivity contribution >= 4 is 5.82 Å². The maximum Gasteiger partial charge on any atom is 0.126 e. The average Bonchev–Trinajstić information content (AvgIpc) is 2.28. The first-order valence-electron chi connectivity index (χ1n) is 6.40. The fourth-order valence-corrected chi connectivity index (χ4v) is 1.73. The van der Waals surface area contributed by atoms with Gasteiger partial charge in [0.15, 0.2) is 0 Å². The van der Waals surface area contributed by atoms with E-state index in [0.717, 1.165) is 18.7 Å². The summed E-state index contributed by atoms with van der Waals surface area (Å²) < 4.78 is 0. The van der Waals surface area contributed by atoms with E-state index in [4.69, 9.17) is 5.73 Å². The van der Waals surface area contributed by atoms with Crippen LogP contribution in [0.2, 0.25) is 0 Å². The number of nitrogens with one attached hydrogen (secondary N) is 1. The van der Waals surface area contributed by atoms with Crippen LogP contribution < -0.4 is 11.1 Å². The first-order chi connectivity index (χ1) is 7.97. The molecule has 0 amide bonds. The third-order valence-corrected chi connectivity index (χ3v) is 2.90. The largest absolute Gasteiger partial charge is 0.366 e. The Labute approximate surface area is 105 Å². The maximum absolute atomic E-state index is 5.72. The Morgan fingerprint density at radius 3 is 2.47 bits per heavy atom. The molecular formula is C14H25N3. The first-order valence-corrected chi connectivity index (χ1v) is 6.40. The molecule has 0 fully saturated rings. The first kappa shape index (κ1) is 14.0. The standard InChI is InChI=1S/C14H25N3/c1-5-6-12(9-15)17-13-8-7-11(10-16-13)14(2,3)4/h7-8,10,12H,5-6,9,15H2,1-4H3,(H,16,17).